The molecule has 71 valence electrons. The first-order chi connectivity index (χ1) is 5.55. The Morgan fingerprint density at radius 2 is 1.50 bits per heavy atom. The van der Waals surface area contributed by atoms with E-state index in [0.717, 1.165) is 5.54 Å². The zero-order chi connectivity index (χ0) is 9.19. The lowest BCUT2D eigenvalue weighted by molar-refractivity contribution is 0.564. The molecule has 1 rings (SSSR count). The summed E-state index contributed by atoms with van der Waals surface area (Å²) in [5.41, 5.74) is 2.90. The Morgan fingerprint density at radius 1 is 1.00 bits per heavy atom. The molecule has 0 N–H and O–H groups in total. The molecule has 0 aliphatic heterocycles. The molecule has 0 saturated heterocycles. The number of hydrogen-bond donors (Lipinski definition) is 0. The third-order valence-corrected chi connectivity index (χ3v) is 9.02. The topological polar surface area (TPSA) is 0 Å². The van der Waals surface area contributed by atoms with Crippen molar-refractivity contribution < 1.29 is 0 Å². The molecular weight excluding hydrogens is 160 g/mol. The lowest BCUT2D eigenvalue weighted by Crippen LogP contribution is -2.39. The van der Waals surface area contributed by atoms with Gasteiger partial charge in [-0.25, -0.2) is 0 Å². The van der Waals surface area contributed by atoms with E-state index in [4.69, 9.17) is 0 Å². The first kappa shape index (κ1) is 10.3. The fraction of sp³-hybridized carbons (Fsp3) is 0.909. The summed E-state index contributed by atoms with van der Waals surface area (Å²) in [4.78, 5) is 0. The third-order valence-electron chi connectivity index (χ3n) is 3.81. The van der Waals surface area contributed by atoms with Crippen LogP contribution in [0.2, 0.25) is 18.6 Å². The third kappa shape index (κ3) is 2.12. The summed E-state index contributed by atoms with van der Waals surface area (Å²) in [5, 5.41) is 0. The van der Waals surface area contributed by atoms with Crippen LogP contribution in [0.1, 0.15) is 46.0 Å². The Morgan fingerprint density at radius 3 is 1.92 bits per heavy atom. The predicted octanol–water partition coefficient (Wildman–Crippen LogP) is 4.18. The number of hydrogen-bond acceptors (Lipinski definition) is 0. The van der Waals surface area contributed by atoms with E-state index in [-0.39, 0.29) is 0 Å². The van der Waals surface area contributed by atoms with E-state index in [9.17, 15) is 0 Å². The summed E-state index contributed by atoms with van der Waals surface area (Å²) in [7, 11) is -0.963. The van der Waals surface area contributed by atoms with E-state index in [1.165, 1.54) is 32.1 Å². The highest BCUT2D eigenvalue weighted by atomic mass is 28.3. The first-order valence-corrected chi connectivity index (χ1v) is 8.48. The van der Waals surface area contributed by atoms with Gasteiger partial charge < -0.3 is 0 Å². The Balaban J connectivity index is 2.53. The molecule has 1 saturated carbocycles. The Hall–Kier alpha value is 0.217. The zero-order valence-electron chi connectivity index (χ0n) is 9.11. The van der Waals surface area contributed by atoms with Gasteiger partial charge in [-0.2, -0.15) is 0 Å². The van der Waals surface area contributed by atoms with Crippen LogP contribution < -0.4 is 0 Å². The van der Waals surface area contributed by atoms with Crippen LogP contribution in [0.15, 0.2) is 0 Å². The van der Waals surface area contributed by atoms with Crippen molar-refractivity contribution in [2.45, 2.75) is 64.6 Å². The molecule has 1 heteroatoms. The predicted molar refractivity (Wildman–Crippen MR) is 58.9 cm³/mol. The average molecular weight is 183 g/mol. The van der Waals surface area contributed by atoms with Crippen molar-refractivity contribution in [1.82, 2.24) is 0 Å². The Kier molecular flexibility index (Phi) is 3.39. The maximum atomic E-state index is 2.55. The van der Waals surface area contributed by atoms with Crippen LogP contribution in [-0.2, 0) is 0 Å². The molecule has 0 aromatic carbocycles. The molecule has 1 radical (unpaired) electrons. The van der Waals surface area contributed by atoms with Gasteiger partial charge in [-0.1, -0.05) is 51.7 Å². The van der Waals surface area contributed by atoms with E-state index in [2.05, 4.69) is 26.9 Å². The van der Waals surface area contributed by atoms with E-state index < -0.39 is 8.07 Å². The van der Waals surface area contributed by atoms with Gasteiger partial charge in [0.05, 0.1) is 8.07 Å². The van der Waals surface area contributed by atoms with E-state index in [1.54, 1.807) is 0 Å². The van der Waals surface area contributed by atoms with Crippen LogP contribution in [0, 0.1) is 5.54 Å². The highest BCUT2D eigenvalue weighted by Gasteiger charge is 2.35. The fourth-order valence-electron chi connectivity index (χ4n) is 2.03. The molecule has 0 aromatic heterocycles. The second kappa shape index (κ2) is 3.95. The van der Waals surface area contributed by atoms with Crippen molar-refractivity contribution in [3.63, 3.8) is 0 Å². The Labute approximate surface area is 78.8 Å². The van der Waals surface area contributed by atoms with Crippen molar-refractivity contribution in [2.75, 3.05) is 0 Å². The van der Waals surface area contributed by atoms with Gasteiger partial charge >= 0.3 is 0 Å². The van der Waals surface area contributed by atoms with Crippen molar-refractivity contribution >= 4 is 8.07 Å². The summed E-state index contributed by atoms with van der Waals surface area (Å²) in [6, 6.07) is 0. The van der Waals surface area contributed by atoms with E-state index >= 15 is 0 Å². The molecule has 1 fully saturated rings. The van der Waals surface area contributed by atoms with Crippen LogP contribution in [0.5, 0.6) is 0 Å². The van der Waals surface area contributed by atoms with Crippen LogP contribution in [0.4, 0.5) is 0 Å². The van der Waals surface area contributed by atoms with Gasteiger partial charge in [0, 0.05) is 0 Å². The summed E-state index contributed by atoms with van der Waals surface area (Å²) in [6.45, 7) is 9.93. The van der Waals surface area contributed by atoms with E-state index in [0.29, 0.717) is 0 Å². The minimum absolute atomic E-state index is 0.936. The van der Waals surface area contributed by atoms with Crippen molar-refractivity contribution in [3.8, 4) is 0 Å². The average Bonchev–Trinajstić information content (AvgIpc) is 2.06. The van der Waals surface area contributed by atoms with Gasteiger partial charge in [0.2, 0.25) is 0 Å². The van der Waals surface area contributed by atoms with Crippen LogP contribution in [-0.4, -0.2) is 8.07 Å². The molecule has 0 heterocycles. The number of rotatable bonds is 2. The van der Waals surface area contributed by atoms with Gasteiger partial charge in [0.15, 0.2) is 0 Å². The molecule has 0 unspecified atom stereocenters. The maximum Gasteiger partial charge on any atom is 0.0564 e. The molecule has 0 bridgehead atoms. The van der Waals surface area contributed by atoms with Gasteiger partial charge in [0.25, 0.3) is 0 Å². The largest absolute Gasteiger partial charge is 0.0687 e. The van der Waals surface area contributed by atoms with Gasteiger partial charge in [-0.15, -0.1) is 0 Å². The summed E-state index contributed by atoms with van der Waals surface area (Å²) < 4.78 is 0. The van der Waals surface area contributed by atoms with Gasteiger partial charge in [-0.3, -0.25) is 0 Å². The second-order valence-electron chi connectivity index (χ2n) is 5.04. The van der Waals surface area contributed by atoms with Gasteiger partial charge in [0.1, 0.15) is 0 Å². The lowest BCUT2D eigenvalue weighted by Gasteiger charge is -2.38. The minimum atomic E-state index is -0.963. The summed E-state index contributed by atoms with van der Waals surface area (Å²) in [5.74, 6) is 0. The fourth-order valence-corrected chi connectivity index (χ4v) is 4.49. The lowest BCUT2D eigenvalue weighted by atomic mass is 10.0. The van der Waals surface area contributed by atoms with Crippen LogP contribution in [0.25, 0.3) is 0 Å². The van der Waals surface area contributed by atoms with Crippen molar-refractivity contribution in [2.24, 2.45) is 0 Å². The van der Waals surface area contributed by atoms with E-state index in [1.807, 2.05) is 5.54 Å². The van der Waals surface area contributed by atoms with Crippen molar-refractivity contribution in [1.29, 1.82) is 0 Å². The monoisotopic (exact) mass is 183 g/mol. The molecule has 0 spiro atoms. The Bertz CT molecular complexity index is 132. The first-order valence-electron chi connectivity index (χ1n) is 5.40. The second-order valence-corrected chi connectivity index (χ2v) is 10.3. The highest BCUT2D eigenvalue weighted by molar-refractivity contribution is 6.83. The highest BCUT2D eigenvalue weighted by Crippen LogP contribution is 2.39. The molecule has 12 heavy (non-hydrogen) atoms. The smallest absolute Gasteiger partial charge is 0.0564 e. The molecular formula is C11H23Si. The quantitative estimate of drug-likeness (QED) is 0.563. The summed E-state index contributed by atoms with van der Waals surface area (Å²) in [6.07, 6.45) is 7.33. The summed E-state index contributed by atoms with van der Waals surface area (Å²) >= 11 is 0. The molecule has 0 aromatic rings. The van der Waals surface area contributed by atoms with Crippen molar-refractivity contribution in [3.05, 3.63) is 5.54 Å². The molecule has 1 aliphatic rings. The zero-order valence-corrected chi connectivity index (χ0v) is 10.1. The molecule has 0 nitrogen and oxygen atoms in total. The van der Waals surface area contributed by atoms with Crippen LogP contribution >= 0.6 is 0 Å². The van der Waals surface area contributed by atoms with Crippen LogP contribution in [0.3, 0.4) is 0 Å². The molecule has 1 aliphatic carbocycles. The molecule has 0 amide bonds. The van der Waals surface area contributed by atoms with Gasteiger partial charge in [-0.05, 0) is 18.4 Å². The standard InChI is InChI=1S/C11H23Si/c1-10(2)12(3,4)11-8-6-5-7-9-11/h10H,5-9H2,1-4H3. The molecule has 0 atom stereocenters. The minimum Gasteiger partial charge on any atom is -0.0687 e. The normalized spacial score (nSPS) is 21.8. The SMILES string of the molecule is CC(C)[Si](C)(C)[C]1CCCCC1. The maximum absolute atomic E-state index is 2.55.